The highest BCUT2D eigenvalue weighted by Crippen LogP contribution is 2.65. The Balaban J connectivity index is 1.71. The minimum atomic E-state index is -0.869. The third-order valence-corrected chi connectivity index (χ3v) is 8.09. The molecule has 1 aromatic heterocycles. The molecule has 0 spiro atoms. The number of fused-ring (bicyclic) bond motifs is 3. The molecular formula is C24H32O9. The van der Waals surface area contributed by atoms with E-state index < -0.39 is 40.8 Å². The van der Waals surface area contributed by atoms with E-state index in [9.17, 15) is 14.4 Å². The second kappa shape index (κ2) is 9.19. The number of cyclic esters (lactones) is 1. The largest absolute Gasteiger partial charge is 0.472 e. The molecule has 4 rings (SSSR count). The Morgan fingerprint density at radius 3 is 2.73 bits per heavy atom. The maximum Gasteiger partial charge on any atom is 0.310 e. The van der Waals surface area contributed by atoms with Crippen molar-refractivity contribution in [3.8, 4) is 0 Å². The first kappa shape index (κ1) is 23.9. The summed E-state index contributed by atoms with van der Waals surface area (Å²) in [6.45, 7) is 3.67. The molecule has 2 saturated carbocycles. The highest BCUT2D eigenvalue weighted by atomic mass is 16.7. The fourth-order valence-corrected chi connectivity index (χ4v) is 6.56. The zero-order chi connectivity index (χ0) is 23.8. The van der Waals surface area contributed by atoms with Crippen LogP contribution >= 0.6 is 0 Å². The van der Waals surface area contributed by atoms with Gasteiger partial charge in [-0.1, -0.05) is 13.8 Å². The van der Waals surface area contributed by atoms with Crippen LogP contribution in [0.15, 0.2) is 23.0 Å². The number of ketones is 1. The summed E-state index contributed by atoms with van der Waals surface area (Å²) in [4.78, 5) is 39.9. The number of aliphatic hydroxyl groups is 1. The highest BCUT2D eigenvalue weighted by Gasteiger charge is 2.67. The van der Waals surface area contributed by atoms with Gasteiger partial charge in [0.25, 0.3) is 0 Å². The van der Waals surface area contributed by atoms with Gasteiger partial charge in [-0.15, -0.1) is 0 Å². The number of hydrogen-bond donors (Lipinski definition) is 1. The molecule has 2 aliphatic carbocycles. The van der Waals surface area contributed by atoms with Crippen molar-refractivity contribution in [2.24, 2.45) is 28.6 Å². The van der Waals surface area contributed by atoms with E-state index in [4.69, 9.17) is 28.5 Å². The Kier molecular flexibility index (Phi) is 6.66. The smallest absolute Gasteiger partial charge is 0.310 e. The molecule has 7 atom stereocenters. The number of aliphatic hydroxyl groups excluding tert-OH is 1. The summed E-state index contributed by atoms with van der Waals surface area (Å²) >= 11 is 0. The molecular weight excluding hydrogens is 432 g/mol. The number of esters is 2. The molecule has 1 aliphatic heterocycles. The molecule has 2 heterocycles. The van der Waals surface area contributed by atoms with Crippen molar-refractivity contribution in [3.63, 3.8) is 0 Å². The lowest BCUT2D eigenvalue weighted by Crippen LogP contribution is -2.64. The van der Waals surface area contributed by atoms with Gasteiger partial charge in [0.2, 0.25) is 0 Å². The molecule has 0 radical (unpaired) electrons. The predicted molar refractivity (Wildman–Crippen MR) is 112 cm³/mol. The van der Waals surface area contributed by atoms with Gasteiger partial charge in [-0.05, 0) is 42.6 Å². The van der Waals surface area contributed by atoms with Gasteiger partial charge in [0.15, 0.2) is 5.78 Å². The lowest BCUT2D eigenvalue weighted by molar-refractivity contribution is -0.213. The zero-order valence-electron chi connectivity index (χ0n) is 19.3. The van der Waals surface area contributed by atoms with Crippen molar-refractivity contribution in [2.45, 2.75) is 51.7 Å². The van der Waals surface area contributed by atoms with Gasteiger partial charge in [-0.25, -0.2) is 0 Å². The van der Waals surface area contributed by atoms with Gasteiger partial charge >= 0.3 is 11.9 Å². The van der Waals surface area contributed by atoms with E-state index in [0.29, 0.717) is 19.3 Å². The minimum Gasteiger partial charge on any atom is -0.472 e. The molecule has 0 bridgehead atoms. The molecule has 9 nitrogen and oxygen atoms in total. The third kappa shape index (κ3) is 4.00. The number of methoxy groups -OCH3 is 1. The van der Waals surface area contributed by atoms with Crippen molar-refractivity contribution in [1.29, 1.82) is 0 Å². The van der Waals surface area contributed by atoms with Crippen molar-refractivity contribution < 1.29 is 42.9 Å². The van der Waals surface area contributed by atoms with Crippen molar-refractivity contribution >= 4 is 17.7 Å². The van der Waals surface area contributed by atoms with Gasteiger partial charge in [0.1, 0.15) is 19.0 Å². The number of carbonyl (C=O) groups is 3. The van der Waals surface area contributed by atoms with E-state index in [2.05, 4.69) is 0 Å². The van der Waals surface area contributed by atoms with E-state index in [1.54, 1.807) is 12.3 Å². The molecule has 9 heteroatoms. The van der Waals surface area contributed by atoms with Crippen LogP contribution < -0.4 is 0 Å². The Bertz CT molecular complexity index is 881. The van der Waals surface area contributed by atoms with E-state index in [-0.39, 0.29) is 44.1 Å². The first-order chi connectivity index (χ1) is 15.8. The molecule has 3 aliphatic rings. The molecule has 182 valence electrons. The van der Waals surface area contributed by atoms with Gasteiger partial charge in [0, 0.05) is 11.5 Å². The molecule has 1 aromatic rings. The summed E-state index contributed by atoms with van der Waals surface area (Å²) in [5.41, 5.74) is -0.671. The van der Waals surface area contributed by atoms with Crippen LogP contribution in [0.3, 0.4) is 0 Å². The Morgan fingerprint density at radius 2 is 2.06 bits per heavy atom. The van der Waals surface area contributed by atoms with Gasteiger partial charge in [0.05, 0.1) is 44.7 Å². The average Bonchev–Trinajstić information content (AvgIpc) is 3.31. The number of Topliss-reactive ketones (excluding diaryl/α,β-unsaturated/α-hetero) is 1. The number of furan rings is 1. The van der Waals surface area contributed by atoms with Crippen LogP contribution in [-0.4, -0.2) is 56.0 Å². The predicted octanol–water partition coefficient (Wildman–Crippen LogP) is 2.42. The van der Waals surface area contributed by atoms with Crippen LogP contribution in [0.1, 0.15) is 51.2 Å². The summed E-state index contributed by atoms with van der Waals surface area (Å²) in [6, 6.07) is 1.76. The molecule has 33 heavy (non-hydrogen) atoms. The van der Waals surface area contributed by atoms with E-state index in [1.165, 1.54) is 13.4 Å². The van der Waals surface area contributed by atoms with Crippen LogP contribution in [0.5, 0.6) is 0 Å². The third-order valence-electron chi connectivity index (χ3n) is 8.09. The lowest BCUT2D eigenvalue weighted by Gasteiger charge is -2.61. The second-order valence-electron chi connectivity index (χ2n) is 9.84. The first-order valence-corrected chi connectivity index (χ1v) is 11.4. The van der Waals surface area contributed by atoms with Crippen molar-refractivity contribution in [1.82, 2.24) is 0 Å². The Morgan fingerprint density at radius 1 is 1.27 bits per heavy atom. The van der Waals surface area contributed by atoms with Gasteiger partial charge in [-0.2, -0.15) is 0 Å². The molecule has 3 fully saturated rings. The summed E-state index contributed by atoms with van der Waals surface area (Å²) in [7, 11) is 1.34. The average molecular weight is 465 g/mol. The molecule has 1 N–H and O–H groups in total. The lowest BCUT2D eigenvalue weighted by atomic mass is 9.43. The summed E-state index contributed by atoms with van der Waals surface area (Å²) < 4.78 is 27.0. The fourth-order valence-electron chi connectivity index (χ4n) is 6.56. The monoisotopic (exact) mass is 464 g/mol. The standard InChI is InChI=1S/C24H32O9/c1-23-6-4-15-22(28)33-18(14-5-8-30-12-14)11-24(15,2)20(23)19(26)17(32-13-31-9-7-25)10-16(23)21(27)29-3/h5,8,12,15-18,20,25H,4,6-7,9-11,13H2,1-3H3/t15-,16-,17-,18-,20-,23-,24-/m0/s1. The van der Waals surface area contributed by atoms with E-state index in [0.717, 1.165) is 5.56 Å². The maximum absolute atomic E-state index is 13.9. The van der Waals surface area contributed by atoms with E-state index >= 15 is 0 Å². The topological polar surface area (TPSA) is 122 Å². The van der Waals surface area contributed by atoms with Gasteiger partial charge in [-0.3, -0.25) is 14.4 Å². The van der Waals surface area contributed by atoms with Crippen LogP contribution in [0.2, 0.25) is 0 Å². The minimum absolute atomic E-state index is 0.0838. The molecule has 1 saturated heterocycles. The van der Waals surface area contributed by atoms with Crippen molar-refractivity contribution in [2.75, 3.05) is 27.1 Å². The molecule has 0 aromatic carbocycles. The first-order valence-electron chi connectivity index (χ1n) is 11.4. The maximum atomic E-state index is 13.9. The fraction of sp³-hybridized carbons (Fsp3) is 0.708. The Labute approximate surface area is 192 Å². The SMILES string of the molecule is COC(=O)[C@@H]1C[C@H](OCOCCO)C(=O)[C@H]2[C@@]1(C)CC[C@H]1C(=O)O[C@H](c3ccoc3)C[C@]21C. The molecule has 0 amide bonds. The quantitative estimate of drug-likeness (QED) is 0.368. The van der Waals surface area contributed by atoms with Gasteiger partial charge < -0.3 is 28.5 Å². The number of hydrogen-bond acceptors (Lipinski definition) is 9. The summed E-state index contributed by atoms with van der Waals surface area (Å²) in [5, 5.41) is 8.92. The number of rotatable bonds is 7. The number of carbonyl (C=O) groups excluding carboxylic acids is 3. The van der Waals surface area contributed by atoms with E-state index in [1.807, 2.05) is 13.8 Å². The Hall–Kier alpha value is -2.23. The summed E-state index contributed by atoms with van der Waals surface area (Å²) in [6.07, 6.45) is 3.37. The van der Waals surface area contributed by atoms with Crippen LogP contribution in [0.4, 0.5) is 0 Å². The normalized spacial score (nSPS) is 38.2. The highest BCUT2D eigenvalue weighted by molar-refractivity contribution is 5.92. The summed E-state index contributed by atoms with van der Waals surface area (Å²) in [5.74, 6) is -2.45. The van der Waals surface area contributed by atoms with Crippen molar-refractivity contribution in [3.05, 3.63) is 24.2 Å². The molecule has 0 unspecified atom stereocenters. The van der Waals surface area contributed by atoms with Crippen LogP contribution in [0, 0.1) is 28.6 Å². The van der Waals surface area contributed by atoms with Crippen LogP contribution in [-0.2, 0) is 33.3 Å². The van der Waals surface area contributed by atoms with Crippen LogP contribution in [0.25, 0.3) is 0 Å². The number of ether oxygens (including phenoxy) is 4. The second-order valence-corrected chi connectivity index (χ2v) is 9.84. The zero-order valence-corrected chi connectivity index (χ0v) is 19.3.